The van der Waals surface area contributed by atoms with E-state index in [1.807, 2.05) is 25.1 Å². The topological polar surface area (TPSA) is 93.7 Å². The van der Waals surface area contributed by atoms with Crippen molar-refractivity contribution >= 4 is 23.7 Å². The molecule has 0 saturated heterocycles. The smallest absolute Gasteiger partial charge is 0.319 e. The molecule has 0 fully saturated rings. The molecular formula is C23H28N2O5. The molecule has 2 rings (SSSR count). The summed E-state index contributed by atoms with van der Waals surface area (Å²) < 4.78 is 10.6. The van der Waals surface area contributed by atoms with Crippen molar-refractivity contribution in [2.45, 2.75) is 39.2 Å². The highest BCUT2D eigenvalue weighted by atomic mass is 16.6. The molecule has 160 valence electrons. The highest BCUT2D eigenvalue weighted by molar-refractivity contribution is 5.89. The van der Waals surface area contributed by atoms with Crippen molar-refractivity contribution < 1.29 is 23.9 Å². The van der Waals surface area contributed by atoms with Crippen LogP contribution >= 0.6 is 0 Å². The number of nitrogens with one attached hydrogen (secondary N) is 2. The van der Waals surface area contributed by atoms with E-state index < -0.39 is 18.0 Å². The Morgan fingerprint density at radius 2 is 1.63 bits per heavy atom. The number of anilines is 1. The number of rotatable bonds is 10. The second-order valence-corrected chi connectivity index (χ2v) is 6.65. The molecule has 2 N–H and O–H groups in total. The number of carbonyl (C=O) groups excluding carboxylic acids is 3. The van der Waals surface area contributed by atoms with Crippen molar-refractivity contribution in [1.82, 2.24) is 5.32 Å². The lowest BCUT2D eigenvalue weighted by atomic mass is 10.1. The Morgan fingerprint density at radius 1 is 0.933 bits per heavy atom. The summed E-state index contributed by atoms with van der Waals surface area (Å²) in [4.78, 5) is 36.1. The minimum absolute atomic E-state index is 0.0423. The predicted octanol–water partition coefficient (Wildman–Crippen LogP) is 4.00. The maximum atomic E-state index is 12.5. The van der Waals surface area contributed by atoms with Crippen LogP contribution in [-0.2, 0) is 25.5 Å². The second-order valence-electron chi connectivity index (χ2n) is 6.65. The van der Waals surface area contributed by atoms with Crippen LogP contribution in [-0.4, -0.2) is 31.1 Å². The number of benzene rings is 2. The third-order valence-electron chi connectivity index (χ3n) is 4.20. The van der Waals surface area contributed by atoms with Gasteiger partial charge >= 0.3 is 18.0 Å². The van der Waals surface area contributed by atoms with Crippen LogP contribution in [0.2, 0.25) is 0 Å². The quantitative estimate of drug-likeness (QED) is 0.576. The van der Waals surface area contributed by atoms with E-state index in [1.54, 1.807) is 43.3 Å². The van der Waals surface area contributed by atoms with Gasteiger partial charge in [-0.25, -0.2) is 4.79 Å². The lowest BCUT2D eigenvalue weighted by Crippen LogP contribution is -2.29. The van der Waals surface area contributed by atoms with Gasteiger partial charge in [0.2, 0.25) is 0 Å². The Kier molecular flexibility index (Phi) is 9.37. The molecule has 0 bridgehead atoms. The number of urea groups is 1. The summed E-state index contributed by atoms with van der Waals surface area (Å²) in [6.07, 6.45) is 0.156. The van der Waals surface area contributed by atoms with Crippen molar-refractivity contribution in [2.75, 3.05) is 18.5 Å². The molecule has 2 amide bonds. The SMILES string of the molecule is CCCNC(=O)Nc1ccc(CC(=O)O[C@H](CC(=O)OCC)c2ccccc2)cc1. The summed E-state index contributed by atoms with van der Waals surface area (Å²) in [6.45, 7) is 4.58. The molecule has 0 aliphatic heterocycles. The van der Waals surface area contributed by atoms with Gasteiger partial charge in [-0.05, 0) is 36.6 Å². The molecule has 0 radical (unpaired) electrons. The highest BCUT2D eigenvalue weighted by Gasteiger charge is 2.21. The van der Waals surface area contributed by atoms with Crippen molar-refractivity contribution in [2.24, 2.45) is 0 Å². The third-order valence-corrected chi connectivity index (χ3v) is 4.20. The van der Waals surface area contributed by atoms with Gasteiger partial charge in [0.05, 0.1) is 19.4 Å². The van der Waals surface area contributed by atoms with Gasteiger partial charge in [-0.2, -0.15) is 0 Å². The summed E-state index contributed by atoms with van der Waals surface area (Å²) in [5.74, 6) is -0.870. The zero-order valence-corrected chi connectivity index (χ0v) is 17.4. The molecule has 0 unspecified atom stereocenters. The van der Waals surface area contributed by atoms with Crippen molar-refractivity contribution in [3.63, 3.8) is 0 Å². The first-order valence-corrected chi connectivity index (χ1v) is 10.1. The summed E-state index contributed by atoms with van der Waals surface area (Å²) in [7, 11) is 0. The third kappa shape index (κ3) is 7.95. The first-order chi connectivity index (χ1) is 14.5. The standard InChI is InChI=1S/C23H28N2O5/c1-3-14-24-23(28)25-19-12-10-17(11-13-19)15-22(27)30-20(16-21(26)29-4-2)18-8-6-5-7-9-18/h5-13,20H,3-4,14-16H2,1-2H3,(H2,24,25,28)/t20-/m1/s1. The fourth-order valence-corrected chi connectivity index (χ4v) is 2.75. The molecule has 1 atom stereocenters. The monoisotopic (exact) mass is 412 g/mol. The molecule has 0 aliphatic carbocycles. The summed E-state index contributed by atoms with van der Waals surface area (Å²) in [5.41, 5.74) is 2.10. The van der Waals surface area contributed by atoms with Crippen LogP contribution in [0, 0.1) is 0 Å². The zero-order valence-electron chi connectivity index (χ0n) is 17.4. The summed E-state index contributed by atoms with van der Waals surface area (Å²) in [5, 5.41) is 5.45. The maximum absolute atomic E-state index is 12.5. The van der Waals surface area contributed by atoms with Gasteiger partial charge in [0.15, 0.2) is 0 Å². The summed E-state index contributed by atoms with van der Waals surface area (Å²) >= 11 is 0. The Morgan fingerprint density at radius 3 is 2.27 bits per heavy atom. The molecule has 0 spiro atoms. The fraction of sp³-hybridized carbons (Fsp3) is 0.348. The van der Waals surface area contributed by atoms with E-state index >= 15 is 0 Å². The van der Waals surface area contributed by atoms with E-state index in [4.69, 9.17) is 9.47 Å². The van der Waals surface area contributed by atoms with E-state index in [9.17, 15) is 14.4 Å². The number of hydrogen-bond acceptors (Lipinski definition) is 5. The lowest BCUT2D eigenvalue weighted by molar-refractivity contribution is -0.154. The van der Waals surface area contributed by atoms with Crippen LogP contribution in [0.4, 0.5) is 10.5 Å². The van der Waals surface area contributed by atoms with E-state index in [-0.39, 0.29) is 25.5 Å². The number of amides is 2. The number of carbonyl (C=O) groups is 3. The fourth-order valence-electron chi connectivity index (χ4n) is 2.75. The first kappa shape index (κ1) is 22.9. The molecule has 7 nitrogen and oxygen atoms in total. The molecule has 2 aromatic rings. The van der Waals surface area contributed by atoms with E-state index in [0.717, 1.165) is 17.5 Å². The van der Waals surface area contributed by atoms with Crippen LogP contribution in [0.15, 0.2) is 54.6 Å². The number of hydrogen-bond donors (Lipinski definition) is 2. The highest BCUT2D eigenvalue weighted by Crippen LogP contribution is 2.23. The molecule has 0 aromatic heterocycles. The van der Waals surface area contributed by atoms with Crippen molar-refractivity contribution in [1.29, 1.82) is 0 Å². The van der Waals surface area contributed by atoms with Gasteiger partial charge in [-0.15, -0.1) is 0 Å². The lowest BCUT2D eigenvalue weighted by Gasteiger charge is -2.18. The van der Waals surface area contributed by atoms with E-state index in [2.05, 4.69) is 10.6 Å². The normalized spacial score (nSPS) is 11.3. The average molecular weight is 412 g/mol. The Labute approximate surface area is 176 Å². The maximum Gasteiger partial charge on any atom is 0.319 e. The molecule has 7 heteroatoms. The van der Waals surface area contributed by atoms with Crippen LogP contribution in [0.5, 0.6) is 0 Å². The summed E-state index contributed by atoms with van der Waals surface area (Å²) in [6, 6.07) is 15.8. The Balaban J connectivity index is 1.95. The van der Waals surface area contributed by atoms with Gasteiger partial charge in [0, 0.05) is 12.2 Å². The van der Waals surface area contributed by atoms with Crippen molar-refractivity contribution in [3.8, 4) is 0 Å². The minimum atomic E-state index is -0.707. The van der Waals surface area contributed by atoms with Gasteiger partial charge in [0.1, 0.15) is 6.10 Å². The van der Waals surface area contributed by atoms with Gasteiger partial charge in [0.25, 0.3) is 0 Å². The Hall–Kier alpha value is -3.35. The molecule has 30 heavy (non-hydrogen) atoms. The average Bonchev–Trinajstić information content (AvgIpc) is 2.74. The van der Waals surface area contributed by atoms with Gasteiger partial charge < -0.3 is 20.1 Å². The molecule has 0 aliphatic rings. The van der Waals surface area contributed by atoms with Crippen molar-refractivity contribution in [3.05, 3.63) is 65.7 Å². The number of ether oxygens (including phenoxy) is 2. The van der Waals surface area contributed by atoms with Gasteiger partial charge in [-0.3, -0.25) is 9.59 Å². The van der Waals surface area contributed by atoms with Crippen LogP contribution in [0.1, 0.15) is 43.9 Å². The largest absolute Gasteiger partial charge is 0.466 e. The predicted molar refractivity (Wildman–Crippen MR) is 114 cm³/mol. The molecule has 0 saturated carbocycles. The van der Waals surface area contributed by atoms with Gasteiger partial charge in [-0.1, -0.05) is 49.4 Å². The van der Waals surface area contributed by atoms with E-state index in [0.29, 0.717) is 12.2 Å². The van der Waals surface area contributed by atoms with Crippen LogP contribution in [0.3, 0.4) is 0 Å². The molecule has 2 aromatic carbocycles. The minimum Gasteiger partial charge on any atom is -0.466 e. The van der Waals surface area contributed by atoms with E-state index in [1.165, 1.54) is 0 Å². The van der Waals surface area contributed by atoms with Crippen LogP contribution in [0.25, 0.3) is 0 Å². The molecular weight excluding hydrogens is 384 g/mol. The van der Waals surface area contributed by atoms with Crippen LogP contribution < -0.4 is 10.6 Å². The second kappa shape index (κ2) is 12.3. The first-order valence-electron chi connectivity index (χ1n) is 10.1. The Bertz CT molecular complexity index is 821. The number of esters is 2. The zero-order chi connectivity index (χ0) is 21.8. The molecule has 0 heterocycles.